The zero-order chi connectivity index (χ0) is 13.5. The molecule has 1 saturated heterocycles. The van der Waals surface area contributed by atoms with Gasteiger partial charge < -0.3 is 14.7 Å². The fraction of sp³-hybridized carbons (Fsp3) is 0.533. The van der Waals surface area contributed by atoms with Crippen LogP contribution in [-0.2, 0) is 18.0 Å². The number of piperidine rings is 1. The van der Waals surface area contributed by atoms with Crippen LogP contribution in [0.3, 0.4) is 0 Å². The fourth-order valence-corrected chi connectivity index (χ4v) is 2.88. The van der Waals surface area contributed by atoms with Crippen LogP contribution in [-0.4, -0.2) is 34.6 Å². The van der Waals surface area contributed by atoms with Gasteiger partial charge in [-0.15, -0.1) is 0 Å². The van der Waals surface area contributed by atoms with Crippen LogP contribution in [0.4, 0.5) is 0 Å². The van der Waals surface area contributed by atoms with E-state index in [1.807, 2.05) is 18.2 Å². The number of amides is 1. The van der Waals surface area contributed by atoms with E-state index in [-0.39, 0.29) is 5.91 Å². The summed E-state index contributed by atoms with van der Waals surface area (Å²) < 4.78 is 5.36. The monoisotopic (exact) mass is 261 g/mol. The Morgan fingerprint density at radius 2 is 2.16 bits per heavy atom. The number of rotatable bonds is 1. The molecule has 1 N–H and O–H groups in total. The largest absolute Gasteiger partial charge is 0.388 e. The molecule has 1 aromatic carbocycles. The predicted octanol–water partition coefficient (Wildman–Crippen LogP) is 1.70. The van der Waals surface area contributed by atoms with Crippen LogP contribution in [0.1, 0.15) is 41.3 Å². The van der Waals surface area contributed by atoms with E-state index in [0.717, 1.165) is 24.9 Å². The van der Waals surface area contributed by atoms with Crippen molar-refractivity contribution in [1.82, 2.24) is 4.90 Å². The van der Waals surface area contributed by atoms with Crippen molar-refractivity contribution < 1.29 is 14.6 Å². The highest BCUT2D eigenvalue weighted by Crippen LogP contribution is 2.24. The molecule has 4 nitrogen and oxygen atoms in total. The Hall–Kier alpha value is -1.39. The van der Waals surface area contributed by atoms with E-state index in [1.165, 1.54) is 5.56 Å². The molecular formula is C15H19NO3. The lowest BCUT2D eigenvalue weighted by Crippen LogP contribution is -2.48. The lowest BCUT2D eigenvalue weighted by atomic mass is 9.94. The number of β-amino-alcohol motifs (C(OH)–C–C–N with tert-alkyl or cyclic N) is 1. The number of carbonyl (C=O) groups is 1. The van der Waals surface area contributed by atoms with Gasteiger partial charge in [-0.3, -0.25) is 4.79 Å². The quantitative estimate of drug-likeness (QED) is 0.837. The van der Waals surface area contributed by atoms with Gasteiger partial charge in [-0.25, -0.2) is 0 Å². The van der Waals surface area contributed by atoms with Gasteiger partial charge in [0.2, 0.25) is 0 Å². The number of carbonyl (C=O) groups excluding carboxylic acids is 1. The Kier molecular flexibility index (Phi) is 3.07. The summed E-state index contributed by atoms with van der Waals surface area (Å²) in [5, 5.41) is 10.1. The summed E-state index contributed by atoms with van der Waals surface area (Å²) in [6.45, 7) is 4.17. The third-order valence-electron chi connectivity index (χ3n) is 3.93. The van der Waals surface area contributed by atoms with Gasteiger partial charge in [-0.2, -0.15) is 0 Å². The highest BCUT2D eigenvalue weighted by molar-refractivity contribution is 5.94. The van der Waals surface area contributed by atoms with Gasteiger partial charge >= 0.3 is 0 Å². The first-order chi connectivity index (χ1) is 9.05. The molecule has 102 valence electrons. The summed E-state index contributed by atoms with van der Waals surface area (Å²) in [5.74, 6) is 0.00896. The molecule has 0 radical (unpaired) electrons. The number of nitrogens with zero attached hydrogens (tertiary/aromatic N) is 1. The minimum atomic E-state index is -0.756. The molecule has 2 heterocycles. The second-order valence-electron chi connectivity index (χ2n) is 5.80. The number of fused-ring (bicyclic) bond motifs is 1. The molecule has 4 heteroatoms. The number of ether oxygens (including phenoxy) is 1. The van der Waals surface area contributed by atoms with Crippen molar-refractivity contribution in [3.05, 3.63) is 34.9 Å². The summed E-state index contributed by atoms with van der Waals surface area (Å²) in [6, 6.07) is 5.75. The smallest absolute Gasteiger partial charge is 0.253 e. The predicted molar refractivity (Wildman–Crippen MR) is 70.7 cm³/mol. The van der Waals surface area contributed by atoms with Gasteiger partial charge in [0.1, 0.15) is 0 Å². The minimum Gasteiger partial charge on any atom is -0.388 e. The Balaban J connectivity index is 1.80. The second kappa shape index (κ2) is 4.62. The summed E-state index contributed by atoms with van der Waals surface area (Å²) in [5.41, 5.74) is 2.21. The van der Waals surface area contributed by atoms with Crippen molar-refractivity contribution in [2.45, 2.75) is 38.6 Å². The van der Waals surface area contributed by atoms with E-state index < -0.39 is 5.60 Å². The highest BCUT2D eigenvalue weighted by Gasteiger charge is 2.31. The Labute approximate surface area is 113 Å². The van der Waals surface area contributed by atoms with Crippen molar-refractivity contribution in [2.24, 2.45) is 0 Å². The van der Waals surface area contributed by atoms with Gasteiger partial charge in [0.15, 0.2) is 0 Å². The van der Waals surface area contributed by atoms with E-state index in [1.54, 1.807) is 11.8 Å². The molecular weight excluding hydrogens is 242 g/mol. The minimum absolute atomic E-state index is 0.00896. The maximum atomic E-state index is 12.5. The average molecular weight is 261 g/mol. The first-order valence-corrected chi connectivity index (χ1v) is 6.76. The van der Waals surface area contributed by atoms with Crippen LogP contribution >= 0.6 is 0 Å². The van der Waals surface area contributed by atoms with E-state index in [4.69, 9.17) is 4.74 Å². The number of hydrogen-bond acceptors (Lipinski definition) is 3. The summed E-state index contributed by atoms with van der Waals surface area (Å²) in [6.07, 6.45) is 1.61. The van der Waals surface area contributed by atoms with Crippen LogP contribution < -0.4 is 0 Å². The maximum Gasteiger partial charge on any atom is 0.253 e. The molecule has 2 aliphatic heterocycles. The third-order valence-corrected chi connectivity index (χ3v) is 3.93. The summed E-state index contributed by atoms with van der Waals surface area (Å²) >= 11 is 0. The number of benzene rings is 1. The standard InChI is InChI=1S/C15H19NO3/c1-15(18)5-2-6-16(10-15)14(17)11-3-4-12-8-19-9-13(12)7-11/h3-4,7,18H,2,5-6,8-10H2,1H3. The van der Waals surface area contributed by atoms with E-state index in [9.17, 15) is 9.90 Å². The Bertz CT molecular complexity index is 510. The van der Waals surface area contributed by atoms with E-state index >= 15 is 0 Å². The fourth-order valence-electron chi connectivity index (χ4n) is 2.88. The lowest BCUT2D eigenvalue weighted by molar-refractivity contribution is -0.0107. The van der Waals surface area contributed by atoms with Crippen LogP contribution in [0.15, 0.2) is 18.2 Å². The van der Waals surface area contributed by atoms with Gasteiger partial charge in [-0.1, -0.05) is 6.07 Å². The molecule has 0 saturated carbocycles. The van der Waals surface area contributed by atoms with Gasteiger partial charge in [0.25, 0.3) is 5.91 Å². The average Bonchev–Trinajstić information content (AvgIpc) is 2.83. The topological polar surface area (TPSA) is 49.8 Å². The van der Waals surface area contributed by atoms with Gasteiger partial charge in [0, 0.05) is 18.7 Å². The van der Waals surface area contributed by atoms with Crippen LogP contribution in [0.2, 0.25) is 0 Å². The molecule has 0 spiro atoms. The van der Waals surface area contributed by atoms with Crippen LogP contribution in [0.5, 0.6) is 0 Å². The molecule has 2 aliphatic rings. The molecule has 1 unspecified atom stereocenters. The zero-order valence-electron chi connectivity index (χ0n) is 11.2. The van der Waals surface area contributed by atoms with Gasteiger partial charge in [0.05, 0.1) is 18.8 Å². The molecule has 1 aromatic rings. The SMILES string of the molecule is CC1(O)CCCN(C(=O)c2ccc3c(c2)COC3)C1. The van der Waals surface area contributed by atoms with Crippen molar-refractivity contribution in [1.29, 1.82) is 0 Å². The highest BCUT2D eigenvalue weighted by atomic mass is 16.5. The number of likely N-dealkylation sites (tertiary alicyclic amines) is 1. The molecule has 0 aromatic heterocycles. The maximum absolute atomic E-state index is 12.5. The Morgan fingerprint density at radius 1 is 1.37 bits per heavy atom. The third kappa shape index (κ3) is 2.51. The molecule has 1 amide bonds. The number of aliphatic hydroxyl groups is 1. The van der Waals surface area contributed by atoms with Crippen molar-refractivity contribution in [2.75, 3.05) is 13.1 Å². The molecule has 1 atom stereocenters. The molecule has 0 bridgehead atoms. The van der Waals surface area contributed by atoms with Crippen molar-refractivity contribution >= 4 is 5.91 Å². The second-order valence-corrected chi connectivity index (χ2v) is 5.80. The normalized spacial score (nSPS) is 26.3. The first kappa shape index (κ1) is 12.6. The lowest BCUT2D eigenvalue weighted by Gasteiger charge is -2.36. The Morgan fingerprint density at radius 3 is 2.95 bits per heavy atom. The first-order valence-electron chi connectivity index (χ1n) is 6.76. The molecule has 1 fully saturated rings. The van der Waals surface area contributed by atoms with Gasteiger partial charge in [-0.05, 0) is 43.0 Å². The van der Waals surface area contributed by atoms with Crippen LogP contribution in [0, 0.1) is 0 Å². The molecule has 19 heavy (non-hydrogen) atoms. The van der Waals surface area contributed by atoms with E-state index in [0.29, 0.717) is 25.3 Å². The van der Waals surface area contributed by atoms with Crippen LogP contribution in [0.25, 0.3) is 0 Å². The summed E-state index contributed by atoms with van der Waals surface area (Å²) in [7, 11) is 0. The molecule has 0 aliphatic carbocycles. The van der Waals surface area contributed by atoms with Crippen molar-refractivity contribution in [3.8, 4) is 0 Å². The van der Waals surface area contributed by atoms with Crippen molar-refractivity contribution in [3.63, 3.8) is 0 Å². The number of hydrogen-bond donors (Lipinski definition) is 1. The zero-order valence-corrected chi connectivity index (χ0v) is 11.2. The van der Waals surface area contributed by atoms with E-state index in [2.05, 4.69) is 0 Å². The molecule has 3 rings (SSSR count). The summed E-state index contributed by atoms with van der Waals surface area (Å²) in [4.78, 5) is 14.2.